The van der Waals surface area contributed by atoms with E-state index in [1.807, 2.05) is 18.2 Å². The van der Waals surface area contributed by atoms with Crippen LogP contribution >= 0.6 is 11.3 Å². The van der Waals surface area contributed by atoms with E-state index in [4.69, 9.17) is 14.5 Å². The summed E-state index contributed by atoms with van der Waals surface area (Å²) in [5, 5.41) is 0.611. The van der Waals surface area contributed by atoms with Crippen LogP contribution in [-0.4, -0.2) is 88.1 Å². The normalized spacial score (nSPS) is 16.8. The average molecular weight is 545 g/mol. The first-order valence-electron chi connectivity index (χ1n) is 12.5. The zero-order chi connectivity index (χ0) is 26.0. The van der Waals surface area contributed by atoms with E-state index >= 15 is 0 Å². The van der Waals surface area contributed by atoms with Crippen molar-refractivity contribution in [2.75, 3.05) is 58.5 Å². The summed E-state index contributed by atoms with van der Waals surface area (Å²) in [5.74, 6) is 0.536. The molecule has 11 heteroatoms. The maximum Gasteiger partial charge on any atom is 0.260 e. The standard InChI is InChI=1S/C26H32N4O5S2/c1-28(20-6-7-20)37(32,33)22-9-4-19(5-10-22)25(31)30(13-3-12-29-14-16-35-17-15-29)26-27-23-11-8-21(34-2)18-24(23)36-26/h4-5,8-11,18,20H,3,6-7,12-17H2,1-2H3. The lowest BCUT2D eigenvalue weighted by molar-refractivity contribution is 0.0376. The van der Waals surface area contributed by atoms with Gasteiger partial charge in [0.25, 0.3) is 5.91 Å². The number of sulfonamides is 1. The average Bonchev–Trinajstić information content (AvgIpc) is 3.69. The fraction of sp³-hybridized carbons (Fsp3) is 0.462. The molecule has 0 spiro atoms. The van der Waals surface area contributed by atoms with Gasteiger partial charge in [-0.05, 0) is 61.7 Å². The molecule has 198 valence electrons. The number of carbonyl (C=O) groups is 1. The molecule has 2 aliphatic rings. The highest BCUT2D eigenvalue weighted by atomic mass is 32.2. The number of rotatable bonds is 10. The Hall–Kier alpha value is -2.57. The summed E-state index contributed by atoms with van der Waals surface area (Å²) in [5.41, 5.74) is 1.23. The molecule has 9 nitrogen and oxygen atoms in total. The third-order valence-corrected chi connectivity index (χ3v) is 9.82. The Morgan fingerprint density at radius 2 is 1.89 bits per heavy atom. The van der Waals surface area contributed by atoms with E-state index in [0.29, 0.717) is 17.2 Å². The number of thiazole rings is 1. The molecular formula is C26H32N4O5S2. The molecule has 0 atom stereocenters. The second-order valence-corrected chi connectivity index (χ2v) is 12.4. The van der Waals surface area contributed by atoms with E-state index in [-0.39, 0.29) is 16.8 Å². The molecule has 1 aromatic heterocycles. The van der Waals surface area contributed by atoms with Gasteiger partial charge in [-0.2, -0.15) is 4.31 Å². The second-order valence-electron chi connectivity index (χ2n) is 9.37. The highest BCUT2D eigenvalue weighted by Gasteiger charge is 2.35. The summed E-state index contributed by atoms with van der Waals surface area (Å²) >= 11 is 1.44. The molecule has 2 heterocycles. The minimum Gasteiger partial charge on any atom is -0.497 e. The zero-order valence-corrected chi connectivity index (χ0v) is 22.8. The molecular weight excluding hydrogens is 512 g/mol. The van der Waals surface area contributed by atoms with Gasteiger partial charge in [0.15, 0.2) is 5.13 Å². The van der Waals surface area contributed by atoms with E-state index in [0.717, 1.165) is 68.1 Å². The number of hydrogen-bond donors (Lipinski definition) is 0. The third-order valence-electron chi connectivity index (χ3n) is 6.86. The van der Waals surface area contributed by atoms with Gasteiger partial charge in [0.1, 0.15) is 5.75 Å². The van der Waals surface area contributed by atoms with E-state index in [1.165, 1.54) is 27.8 Å². The SMILES string of the molecule is COc1ccc2nc(N(CCCN3CCOCC3)C(=O)c3ccc(S(=O)(=O)N(C)C4CC4)cc3)sc2c1. The molecule has 1 aliphatic carbocycles. The predicted octanol–water partition coefficient (Wildman–Crippen LogP) is 3.46. The summed E-state index contributed by atoms with van der Waals surface area (Å²) in [6.45, 7) is 4.59. The number of hydrogen-bond acceptors (Lipinski definition) is 8. The van der Waals surface area contributed by atoms with Gasteiger partial charge in [0, 0.05) is 44.8 Å². The third kappa shape index (κ3) is 5.80. The van der Waals surface area contributed by atoms with Crippen molar-refractivity contribution < 1.29 is 22.7 Å². The van der Waals surface area contributed by atoms with Crippen molar-refractivity contribution in [1.29, 1.82) is 0 Å². The van der Waals surface area contributed by atoms with Crippen molar-refractivity contribution in [2.45, 2.75) is 30.2 Å². The van der Waals surface area contributed by atoms with Gasteiger partial charge in [-0.3, -0.25) is 14.6 Å². The number of amides is 1. The Kier molecular flexibility index (Phi) is 7.77. The van der Waals surface area contributed by atoms with Gasteiger partial charge in [-0.15, -0.1) is 0 Å². The van der Waals surface area contributed by atoms with Gasteiger partial charge in [-0.25, -0.2) is 13.4 Å². The summed E-state index contributed by atoms with van der Waals surface area (Å²) in [4.78, 5) is 22.7. The number of benzene rings is 2. The second kappa shape index (κ2) is 11.0. The van der Waals surface area contributed by atoms with Crippen LogP contribution in [0, 0.1) is 0 Å². The predicted molar refractivity (Wildman–Crippen MR) is 144 cm³/mol. The molecule has 37 heavy (non-hydrogen) atoms. The van der Waals surface area contributed by atoms with Crippen molar-refractivity contribution in [3.05, 3.63) is 48.0 Å². The first kappa shape index (κ1) is 26.1. The van der Waals surface area contributed by atoms with E-state index < -0.39 is 10.0 Å². The highest BCUT2D eigenvalue weighted by Crippen LogP contribution is 2.33. The maximum atomic E-state index is 13.7. The molecule has 0 unspecified atom stereocenters. The summed E-state index contributed by atoms with van der Waals surface area (Å²) in [6.07, 6.45) is 2.56. The zero-order valence-electron chi connectivity index (χ0n) is 21.1. The van der Waals surface area contributed by atoms with Crippen LogP contribution in [0.5, 0.6) is 5.75 Å². The van der Waals surface area contributed by atoms with Crippen LogP contribution in [0.15, 0.2) is 47.4 Å². The molecule has 0 radical (unpaired) electrons. The largest absolute Gasteiger partial charge is 0.497 e. The molecule has 0 N–H and O–H groups in total. The first-order valence-corrected chi connectivity index (χ1v) is 14.8. The van der Waals surface area contributed by atoms with E-state index in [1.54, 1.807) is 31.2 Å². The lowest BCUT2D eigenvalue weighted by atomic mass is 10.2. The number of nitrogens with zero attached hydrogens (tertiary/aromatic N) is 4. The Labute approximate surface area is 221 Å². The Morgan fingerprint density at radius 1 is 1.16 bits per heavy atom. The van der Waals surface area contributed by atoms with Crippen molar-refractivity contribution in [3.8, 4) is 5.75 Å². The van der Waals surface area contributed by atoms with Crippen molar-refractivity contribution in [2.24, 2.45) is 0 Å². The number of fused-ring (bicyclic) bond motifs is 1. The van der Waals surface area contributed by atoms with Crippen LogP contribution in [0.2, 0.25) is 0 Å². The lowest BCUT2D eigenvalue weighted by Gasteiger charge is -2.27. The van der Waals surface area contributed by atoms with Crippen LogP contribution in [0.3, 0.4) is 0 Å². The Bertz CT molecular complexity index is 1350. The quantitative estimate of drug-likeness (QED) is 0.386. The maximum absolute atomic E-state index is 13.7. The van der Waals surface area contributed by atoms with Gasteiger partial charge >= 0.3 is 0 Å². The minimum absolute atomic E-state index is 0.0749. The lowest BCUT2D eigenvalue weighted by Crippen LogP contribution is -2.39. The summed E-state index contributed by atoms with van der Waals surface area (Å²) in [7, 11) is -0.333. The Balaban J connectivity index is 1.38. The number of anilines is 1. The van der Waals surface area contributed by atoms with Crippen molar-refractivity contribution in [1.82, 2.24) is 14.2 Å². The number of morpholine rings is 1. The first-order chi connectivity index (χ1) is 17.9. The van der Waals surface area contributed by atoms with Crippen LogP contribution in [0.4, 0.5) is 5.13 Å². The van der Waals surface area contributed by atoms with E-state index in [2.05, 4.69) is 4.90 Å². The van der Waals surface area contributed by atoms with Crippen LogP contribution in [-0.2, 0) is 14.8 Å². The van der Waals surface area contributed by atoms with Crippen LogP contribution in [0.1, 0.15) is 29.6 Å². The number of aromatic nitrogens is 1. The molecule has 1 saturated carbocycles. The molecule has 0 bridgehead atoms. The molecule has 2 aromatic carbocycles. The fourth-order valence-electron chi connectivity index (χ4n) is 4.42. The summed E-state index contributed by atoms with van der Waals surface area (Å²) < 4.78 is 38.9. The number of methoxy groups -OCH3 is 1. The van der Waals surface area contributed by atoms with Crippen LogP contribution in [0.25, 0.3) is 10.2 Å². The Morgan fingerprint density at radius 3 is 2.57 bits per heavy atom. The van der Waals surface area contributed by atoms with E-state index in [9.17, 15) is 13.2 Å². The highest BCUT2D eigenvalue weighted by molar-refractivity contribution is 7.89. The topological polar surface area (TPSA) is 92.3 Å². The monoisotopic (exact) mass is 544 g/mol. The van der Waals surface area contributed by atoms with Gasteiger partial charge in [-0.1, -0.05) is 11.3 Å². The number of ether oxygens (including phenoxy) is 2. The molecule has 2 fully saturated rings. The minimum atomic E-state index is -3.57. The summed E-state index contributed by atoms with van der Waals surface area (Å²) in [6, 6.07) is 12.0. The van der Waals surface area contributed by atoms with Gasteiger partial charge < -0.3 is 9.47 Å². The number of carbonyl (C=O) groups excluding carboxylic acids is 1. The van der Waals surface area contributed by atoms with Crippen molar-refractivity contribution in [3.63, 3.8) is 0 Å². The fourth-order valence-corrected chi connectivity index (χ4v) is 6.86. The molecule has 3 aromatic rings. The van der Waals surface area contributed by atoms with Crippen LogP contribution < -0.4 is 9.64 Å². The van der Waals surface area contributed by atoms with Gasteiger partial charge in [0.05, 0.1) is 35.4 Å². The molecule has 1 saturated heterocycles. The molecule has 5 rings (SSSR count). The van der Waals surface area contributed by atoms with Crippen molar-refractivity contribution >= 4 is 42.6 Å². The van der Waals surface area contributed by atoms with Gasteiger partial charge in [0.2, 0.25) is 10.0 Å². The smallest absolute Gasteiger partial charge is 0.260 e. The molecule has 1 aliphatic heterocycles. The molecule has 1 amide bonds.